The van der Waals surface area contributed by atoms with Crippen molar-refractivity contribution in [2.75, 3.05) is 48.0 Å². The van der Waals surface area contributed by atoms with E-state index in [0.717, 1.165) is 11.1 Å². The van der Waals surface area contributed by atoms with Crippen molar-refractivity contribution in [3.8, 4) is 11.3 Å². The topological polar surface area (TPSA) is 134 Å². The number of aromatic amines is 1. The van der Waals surface area contributed by atoms with Crippen LogP contribution in [0.25, 0.3) is 11.3 Å². The van der Waals surface area contributed by atoms with Gasteiger partial charge in [-0.25, -0.2) is 4.79 Å². The van der Waals surface area contributed by atoms with Crippen LogP contribution in [0.3, 0.4) is 0 Å². The molecule has 11 nitrogen and oxygen atoms in total. The first-order valence-electron chi connectivity index (χ1n) is 13.3. The van der Waals surface area contributed by atoms with E-state index in [2.05, 4.69) is 10.3 Å². The monoisotopic (exact) mass is 548 g/mol. The van der Waals surface area contributed by atoms with Gasteiger partial charge in [0, 0.05) is 42.1 Å². The molecule has 0 bridgehead atoms. The Kier molecular flexibility index (Phi) is 7.85. The molecule has 210 valence electrons. The average molecular weight is 549 g/mol. The van der Waals surface area contributed by atoms with Crippen molar-refractivity contribution in [3.05, 3.63) is 64.3 Å². The molecule has 2 aliphatic rings. The van der Waals surface area contributed by atoms with Gasteiger partial charge in [-0.2, -0.15) is 0 Å². The summed E-state index contributed by atoms with van der Waals surface area (Å²) in [6, 6.07) is 12.6. The van der Waals surface area contributed by atoms with Crippen LogP contribution < -0.4 is 20.9 Å². The van der Waals surface area contributed by atoms with Gasteiger partial charge in [0.1, 0.15) is 18.5 Å². The number of carbonyl (C=O) groups is 3. The summed E-state index contributed by atoms with van der Waals surface area (Å²) < 4.78 is 16.2. The minimum absolute atomic E-state index is 0.0281. The summed E-state index contributed by atoms with van der Waals surface area (Å²) in [6.45, 7) is 6.97. The van der Waals surface area contributed by atoms with Crippen LogP contribution in [-0.4, -0.2) is 61.7 Å². The predicted molar refractivity (Wildman–Crippen MR) is 148 cm³/mol. The lowest BCUT2D eigenvalue weighted by Crippen LogP contribution is -2.52. The van der Waals surface area contributed by atoms with Crippen molar-refractivity contribution in [1.29, 1.82) is 0 Å². The molecular weight excluding hydrogens is 516 g/mol. The van der Waals surface area contributed by atoms with Gasteiger partial charge in [0.2, 0.25) is 5.91 Å². The summed E-state index contributed by atoms with van der Waals surface area (Å²) in [4.78, 5) is 56.6. The zero-order valence-electron chi connectivity index (χ0n) is 22.7. The molecule has 2 unspecified atom stereocenters. The average Bonchev–Trinajstić information content (AvgIpc) is 3.33. The Bertz CT molecular complexity index is 1490. The largest absolute Gasteiger partial charge is 0.416 e. The summed E-state index contributed by atoms with van der Waals surface area (Å²) in [7, 11) is 0. The number of morpholine rings is 2. The summed E-state index contributed by atoms with van der Waals surface area (Å²) >= 11 is 0. The van der Waals surface area contributed by atoms with E-state index in [4.69, 9.17) is 13.9 Å². The Morgan fingerprint density at radius 3 is 2.55 bits per heavy atom. The van der Waals surface area contributed by atoms with Crippen LogP contribution in [-0.2, 0) is 30.3 Å². The van der Waals surface area contributed by atoms with Crippen molar-refractivity contribution < 1.29 is 28.3 Å². The standard InChI is InChI=1S/C29H32N4O7/c1-4-23-25(31-29(37)40-23)22-9-8-19(14-17(22)2)30-27(35)18(3)26-28(36)33(11-13-39-26)21-7-5-6-20(15-21)32-10-12-38-16-24(32)34/h5-9,14-15,18,26H,4,10-13,16H2,1-3H3,(H,30,35)(H,31,37). The number of nitrogens with zero attached hydrogens (tertiary/aromatic N) is 2. The third-order valence-corrected chi connectivity index (χ3v) is 7.23. The molecule has 2 N–H and O–H groups in total. The number of nitrogens with one attached hydrogen (secondary N) is 2. The minimum Gasteiger partial charge on any atom is -0.412 e. The third-order valence-electron chi connectivity index (χ3n) is 7.23. The summed E-state index contributed by atoms with van der Waals surface area (Å²) in [5, 5.41) is 2.88. The van der Waals surface area contributed by atoms with E-state index < -0.39 is 17.8 Å². The van der Waals surface area contributed by atoms with Crippen LogP contribution in [0, 0.1) is 12.8 Å². The number of aromatic nitrogens is 1. The van der Waals surface area contributed by atoms with Crippen molar-refractivity contribution in [1.82, 2.24) is 4.98 Å². The molecule has 2 atom stereocenters. The van der Waals surface area contributed by atoms with Crippen LogP contribution in [0.2, 0.25) is 0 Å². The number of ether oxygens (including phenoxy) is 2. The maximum absolute atomic E-state index is 13.5. The van der Waals surface area contributed by atoms with Crippen LogP contribution in [0.1, 0.15) is 25.2 Å². The predicted octanol–water partition coefficient (Wildman–Crippen LogP) is 2.88. The first-order valence-corrected chi connectivity index (χ1v) is 13.3. The van der Waals surface area contributed by atoms with Crippen LogP contribution in [0.15, 0.2) is 51.7 Å². The van der Waals surface area contributed by atoms with Gasteiger partial charge < -0.3 is 29.0 Å². The molecule has 0 radical (unpaired) electrons. The van der Waals surface area contributed by atoms with Gasteiger partial charge in [-0.15, -0.1) is 0 Å². The normalized spacial score (nSPS) is 18.6. The second-order valence-corrected chi connectivity index (χ2v) is 9.87. The molecule has 0 aliphatic carbocycles. The zero-order chi connectivity index (χ0) is 28.4. The highest BCUT2D eigenvalue weighted by Crippen LogP contribution is 2.29. The van der Waals surface area contributed by atoms with E-state index in [-0.39, 0.29) is 30.9 Å². The first kappa shape index (κ1) is 27.4. The summed E-state index contributed by atoms with van der Waals surface area (Å²) in [5.41, 5.74) is 4.15. The number of anilines is 3. The lowest BCUT2D eigenvalue weighted by Gasteiger charge is -2.35. The molecular formula is C29H32N4O7. The molecule has 40 heavy (non-hydrogen) atoms. The molecule has 1 aromatic heterocycles. The van der Waals surface area contributed by atoms with E-state index in [1.807, 2.05) is 26.0 Å². The van der Waals surface area contributed by atoms with Gasteiger partial charge in [-0.05, 0) is 42.8 Å². The molecule has 3 aromatic rings. The van der Waals surface area contributed by atoms with Crippen LogP contribution in [0.4, 0.5) is 17.1 Å². The van der Waals surface area contributed by atoms with Crippen LogP contribution >= 0.6 is 0 Å². The van der Waals surface area contributed by atoms with Gasteiger partial charge in [-0.1, -0.05) is 26.0 Å². The van der Waals surface area contributed by atoms with Gasteiger partial charge in [-0.3, -0.25) is 19.4 Å². The molecule has 11 heteroatoms. The van der Waals surface area contributed by atoms with Gasteiger partial charge in [0.05, 0.1) is 24.8 Å². The fourth-order valence-electron chi connectivity index (χ4n) is 5.08. The number of oxazole rings is 1. The first-order chi connectivity index (χ1) is 19.3. The minimum atomic E-state index is -0.967. The second-order valence-electron chi connectivity index (χ2n) is 9.87. The van der Waals surface area contributed by atoms with Crippen LogP contribution in [0.5, 0.6) is 0 Å². The van der Waals surface area contributed by atoms with E-state index in [0.29, 0.717) is 54.6 Å². The SMILES string of the molecule is CCc1oc(=O)[nH]c1-c1ccc(NC(=O)C(C)C2OCCN(c3cccc(N4CCOCC4=O)c3)C2=O)cc1C. The van der Waals surface area contributed by atoms with E-state index in [1.165, 1.54) is 0 Å². The molecule has 5 rings (SSSR count). The van der Waals surface area contributed by atoms with Crippen molar-refractivity contribution >= 4 is 34.8 Å². The maximum atomic E-state index is 13.5. The van der Waals surface area contributed by atoms with Gasteiger partial charge >= 0.3 is 5.76 Å². The number of benzene rings is 2. The highest BCUT2D eigenvalue weighted by atomic mass is 16.5. The highest BCUT2D eigenvalue weighted by molar-refractivity contribution is 6.03. The molecule has 2 aliphatic heterocycles. The molecule has 0 spiro atoms. The molecule has 3 amide bonds. The van der Waals surface area contributed by atoms with Gasteiger partial charge in [0.15, 0.2) is 0 Å². The van der Waals surface area contributed by atoms with Crippen molar-refractivity contribution in [2.24, 2.45) is 5.92 Å². The maximum Gasteiger partial charge on any atom is 0.416 e. The lowest BCUT2D eigenvalue weighted by atomic mass is 9.99. The molecule has 2 saturated heterocycles. The summed E-state index contributed by atoms with van der Waals surface area (Å²) in [6.07, 6.45) is -0.406. The van der Waals surface area contributed by atoms with Gasteiger partial charge in [0.25, 0.3) is 11.8 Å². The van der Waals surface area contributed by atoms with E-state index in [9.17, 15) is 19.2 Å². The number of aryl methyl sites for hydroxylation is 2. The fourth-order valence-corrected chi connectivity index (χ4v) is 5.08. The molecule has 3 heterocycles. The molecule has 2 aromatic carbocycles. The molecule has 0 saturated carbocycles. The number of amides is 3. The Balaban J connectivity index is 1.28. The molecule has 2 fully saturated rings. The van der Waals surface area contributed by atoms with Crippen molar-refractivity contribution in [2.45, 2.75) is 33.3 Å². The Morgan fingerprint density at radius 1 is 1.07 bits per heavy atom. The second kappa shape index (κ2) is 11.5. The number of hydrogen-bond donors (Lipinski definition) is 2. The number of H-pyrrole nitrogens is 1. The number of hydrogen-bond acceptors (Lipinski definition) is 7. The fraction of sp³-hybridized carbons (Fsp3) is 0.379. The highest BCUT2D eigenvalue weighted by Gasteiger charge is 2.38. The Hall–Kier alpha value is -4.22. The number of rotatable bonds is 7. The smallest absolute Gasteiger partial charge is 0.412 e. The lowest BCUT2D eigenvalue weighted by molar-refractivity contribution is -0.143. The van der Waals surface area contributed by atoms with E-state index >= 15 is 0 Å². The Labute approximate surface area is 231 Å². The quantitative estimate of drug-likeness (QED) is 0.464. The van der Waals surface area contributed by atoms with E-state index in [1.54, 1.807) is 47.1 Å². The third kappa shape index (κ3) is 5.43. The summed E-state index contributed by atoms with van der Waals surface area (Å²) in [5.74, 6) is -1.51. The van der Waals surface area contributed by atoms with Crippen molar-refractivity contribution in [3.63, 3.8) is 0 Å². The number of carbonyl (C=O) groups excluding carboxylic acids is 3. The Morgan fingerprint density at radius 2 is 1.82 bits per heavy atom. The zero-order valence-corrected chi connectivity index (χ0v) is 22.7.